The van der Waals surface area contributed by atoms with E-state index in [9.17, 15) is 18.0 Å². The Morgan fingerprint density at radius 1 is 1.11 bits per heavy atom. The standard InChI is InChI=1S/C17H16Cl2N2O5S/c1-10(17(23)24)21-27(25,26)13-5-2-11(3-6-13)9-20-16(22)14-7-4-12(18)8-15(14)19/h2-8,10,21H,9H2,1H3,(H,20,22)(H,23,24)/t10-/m0/s1. The molecule has 10 heteroatoms. The summed E-state index contributed by atoms with van der Waals surface area (Å²) in [6.45, 7) is 1.38. The van der Waals surface area contributed by atoms with Crippen molar-refractivity contribution in [3.63, 3.8) is 0 Å². The van der Waals surface area contributed by atoms with Gasteiger partial charge in [-0.3, -0.25) is 9.59 Å². The number of aliphatic carboxylic acids is 1. The summed E-state index contributed by atoms with van der Waals surface area (Å²) in [5.74, 6) is -1.68. The third kappa shape index (κ3) is 5.67. The van der Waals surface area contributed by atoms with Gasteiger partial charge in [0.1, 0.15) is 6.04 Å². The maximum absolute atomic E-state index is 12.2. The highest BCUT2D eigenvalue weighted by Gasteiger charge is 2.21. The van der Waals surface area contributed by atoms with Crippen molar-refractivity contribution in [2.75, 3.05) is 0 Å². The van der Waals surface area contributed by atoms with Gasteiger partial charge in [-0.1, -0.05) is 35.3 Å². The normalized spacial score (nSPS) is 12.4. The van der Waals surface area contributed by atoms with Crippen LogP contribution in [0.25, 0.3) is 0 Å². The Bertz CT molecular complexity index is 962. The van der Waals surface area contributed by atoms with Crippen LogP contribution in [0, 0.1) is 0 Å². The number of amides is 1. The van der Waals surface area contributed by atoms with Gasteiger partial charge in [0.25, 0.3) is 5.91 Å². The number of carbonyl (C=O) groups excluding carboxylic acids is 1. The Kier molecular flexibility index (Phi) is 6.83. The van der Waals surface area contributed by atoms with Crippen LogP contribution in [-0.2, 0) is 21.4 Å². The Morgan fingerprint density at radius 3 is 2.30 bits per heavy atom. The molecule has 144 valence electrons. The average Bonchev–Trinajstić information content (AvgIpc) is 2.59. The number of benzene rings is 2. The molecule has 27 heavy (non-hydrogen) atoms. The molecule has 1 amide bonds. The van der Waals surface area contributed by atoms with Crippen LogP contribution >= 0.6 is 23.2 Å². The largest absolute Gasteiger partial charge is 0.480 e. The van der Waals surface area contributed by atoms with Crippen molar-refractivity contribution in [1.29, 1.82) is 0 Å². The van der Waals surface area contributed by atoms with Crippen LogP contribution in [0.4, 0.5) is 0 Å². The first-order chi connectivity index (χ1) is 12.6. The van der Waals surface area contributed by atoms with Gasteiger partial charge in [-0.05, 0) is 42.8 Å². The molecule has 0 fully saturated rings. The second kappa shape index (κ2) is 8.71. The lowest BCUT2D eigenvalue weighted by Crippen LogP contribution is -2.38. The molecule has 1 atom stereocenters. The number of carboxylic acids is 1. The van der Waals surface area contributed by atoms with E-state index >= 15 is 0 Å². The first-order valence-corrected chi connectivity index (χ1v) is 9.91. The molecule has 0 radical (unpaired) electrons. The van der Waals surface area contributed by atoms with Gasteiger partial charge in [0.15, 0.2) is 0 Å². The average molecular weight is 431 g/mol. The fraction of sp³-hybridized carbons (Fsp3) is 0.176. The van der Waals surface area contributed by atoms with Crippen molar-refractivity contribution in [1.82, 2.24) is 10.0 Å². The van der Waals surface area contributed by atoms with Crippen molar-refractivity contribution in [2.45, 2.75) is 24.4 Å². The second-order valence-electron chi connectivity index (χ2n) is 5.63. The zero-order valence-electron chi connectivity index (χ0n) is 14.1. The molecule has 0 spiro atoms. The van der Waals surface area contributed by atoms with Gasteiger partial charge in [0, 0.05) is 11.6 Å². The summed E-state index contributed by atoms with van der Waals surface area (Å²) in [4.78, 5) is 22.9. The van der Waals surface area contributed by atoms with Gasteiger partial charge < -0.3 is 10.4 Å². The van der Waals surface area contributed by atoms with Gasteiger partial charge in [0.2, 0.25) is 10.0 Å². The molecule has 2 rings (SSSR count). The van der Waals surface area contributed by atoms with Gasteiger partial charge in [-0.2, -0.15) is 4.72 Å². The second-order valence-corrected chi connectivity index (χ2v) is 8.19. The van der Waals surface area contributed by atoms with Crippen LogP contribution < -0.4 is 10.0 Å². The molecule has 0 aliphatic heterocycles. The highest BCUT2D eigenvalue weighted by molar-refractivity contribution is 7.89. The van der Waals surface area contributed by atoms with Crippen molar-refractivity contribution < 1.29 is 23.1 Å². The molecule has 2 aromatic carbocycles. The van der Waals surface area contributed by atoms with Crippen molar-refractivity contribution in [3.05, 3.63) is 63.6 Å². The van der Waals surface area contributed by atoms with Crippen LogP contribution in [0.3, 0.4) is 0 Å². The monoisotopic (exact) mass is 430 g/mol. The fourth-order valence-corrected chi connectivity index (χ4v) is 3.78. The summed E-state index contributed by atoms with van der Waals surface area (Å²) < 4.78 is 26.3. The molecule has 0 aliphatic rings. The number of hydrogen-bond acceptors (Lipinski definition) is 4. The molecular formula is C17H16Cl2N2O5S. The van der Waals surface area contributed by atoms with Gasteiger partial charge in [0.05, 0.1) is 15.5 Å². The third-order valence-corrected chi connectivity index (χ3v) is 5.67. The summed E-state index contributed by atoms with van der Waals surface area (Å²) in [6, 6.07) is 8.95. The van der Waals surface area contributed by atoms with E-state index in [1.54, 1.807) is 6.07 Å². The van der Waals surface area contributed by atoms with E-state index in [4.69, 9.17) is 28.3 Å². The molecule has 0 bridgehead atoms. The molecule has 0 saturated heterocycles. The highest BCUT2D eigenvalue weighted by atomic mass is 35.5. The van der Waals surface area contributed by atoms with Crippen LogP contribution in [-0.4, -0.2) is 31.4 Å². The number of halogens is 2. The van der Waals surface area contributed by atoms with Crippen LogP contribution in [0.15, 0.2) is 47.4 Å². The Hall–Kier alpha value is -2.13. The number of hydrogen-bond donors (Lipinski definition) is 3. The van der Waals surface area contributed by atoms with Crippen molar-refractivity contribution in [3.8, 4) is 0 Å². The maximum Gasteiger partial charge on any atom is 0.321 e. The smallest absolute Gasteiger partial charge is 0.321 e. The molecule has 3 N–H and O–H groups in total. The summed E-state index contributed by atoms with van der Waals surface area (Å²) >= 11 is 11.8. The first kappa shape index (κ1) is 21.2. The number of carboxylic acid groups (broad SMARTS) is 1. The summed E-state index contributed by atoms with van der Waals surface area (Å²) in [7, 11) is -3.95. The van der Waals surface area contributed by atoms with Gasteiger partial charge in [-0.25, -0.2) is 8.42 Å². The molecule has 7 nitrogen and oxygen atoms in total. The van der Waals surface area contributed by atoms with E-state index in [2.05, 4.69) is 10.0 Å². The van der Waals surface area contributed by atoms with E-state index in [-0.39, 0.29) is 22.0 Å². The first-order valence-electron chi connectivity index (χ1n) is 7.67. The minimum atomic E-state index is -3.95. The number of nitrogens with one attached hydrogen (secondary N) is 2. The number of sulfonamides is 1. The summed E-state index contributed by atoms with van der Waals surface area (Å²) in [5.41, 5.74) is 0.922. The Balaban J connectivity index is 2.03. The van der Waals surface area contributed by atoms with E-state index in [1.165, 1.54) is 43.3 Å². The quantitative estimate of drug-likeness (QED) is 0.624. The fourth-order valence-electron chi connectivity index (χ4n) is 2.09. The summed E-state index contributed by atoms with van der Waals surface area (Å²) in [5, 5.41) is 12.1. The molecule has 0 saturated carbocycles. The van der Waals surface area contributed by atoms with Crippen molar-refractivity contribution >= 4 is 45.1 Å². The molecule has 0 aromatic heterocycles. The number of rotatable bonds is 7. The van der Waals surface area contributed by atoms with E-state index in [0.717, 1.165) is 0 Å². The van der Waals surface area contributed by atoms with Crippen LogP contribution in [0.1, 0.15) is 22.8 Å². The topological polar surface area (TPSA) is 113 Å². The lowest BCUT2D eigenvalue weighted by molar-refractivity contribution is -0.138. The minimum Gasteiger partial charge on any atom is -0.480 e. The van der Waals surface area contributed by atoms with Gasteiger partial charge >= 0.3 is 5.97 Å². The Labute approximate surface area is 166 Å². The molecule has 0 unspecified atom stereocenters. The molecular weight excluding hydrogens is 415 g/mol. The maximum atomic E-state index is 12.2. The third-order valence-electron chi connectivity index (χ3n) is 3.56. The SMILES string of the molecule is C[C@H](NS(=O)(=O)c1ccc(CNC(=O)c2ccc(Cl)cc2Cl)cc1)C(=O)O. The van der Waals surface area contributed by atoms with E-state index < -0.39 is 27.9 Å². The van der Waals surface area contributed by atoms with Crippen LogP contribution in [0.5, 0.6) is 0 Å². The Morgan fingerprint density at radius 2 is 1.74 bits per heavy atom. The predicted octanol–water partition coefficient (Wildman–Crippen LogP) is 2.67. The zero-order valence-corrected chi connectivity index (χ0v) is 16.4. The van der Waals surface area contributed by atoms with Crippen LogP contribution in [0.2, 0.25) is 10.0 Å². The highest BCUT2D eigenvalue weighted by Crippen LogP contribution is 2.21. The van der Waals surface area contributed by atoms with Crippen molar-refractivity contribution in [2.24, 2.45) is 0 Å². The molecule has 0 aliphatic carbocycles. The van der Waals surface area contributed by atoms with E-state index in [0.29, 0.717) is 10.6 Å². The van der Waals surface area contributed by atoms with E-state index in [1.807, 2.05) is 0 Å². The lowest BCUT2D eigenvalue weighted by atomic mass is 10.2. The lowest BCUT2D eigenvalue weighted by Gasteiger charge is -2.11. The van der Waals surface area contributed by atoms with Gasteiger partial charge in [-0.15, -0.1) is 0 Å². The molecule has 0 heterocycles. The molecule has 2 aromatic rings. The summed E-state index contributed by atoms with van der Waals surface area (Å²) in [6.07, 6.45) is 0. The minimum absolute atomic E-state index is 0.0774. The number of carbonyl (C=O) groups is 2. The zero-order chi connectivity index (χ0) is 20.2. The predicted molar refractivity (Wildman–Crippen MR) is 101 cm³/mol.